The summed E-state index contributed by atoms with van der Waals surface area (Å²) in [5.74, 6) is -1.60. The van der Waals surface area contributed by atoms with Gasteiger partial charge in [0, 0.05) is 14.1 Å². The molecule has 0 unspecified atom stereocenters. The maximum atomic E-state index is 11.7. The number of para-hydroxylation sites is 1. The molecule has 1 rings (SSSR count). The molecule has 25 heavy (non-hydrogen) atoms. The molecule has 2 N–H and O–H groups in total. The molecule has 0 saturated heterocycles. The van der Waals surface area contributed by atoms with Gasteiger partial charge < -0.3 is 25.0 Å². The van der Waals surface area contributed by atoms with Gasteiger partial charge in [0.05, 0.1) is 6.54 Å². The molecule has 136 valence electrons. The summed E-state index contributed by atoms with van der Waals surface area (Å²) < 4.78 is 9.95. The van der Waals surface area contributed by atoms with E-state index in [1.165, 1.54) is 14.1 Å². The molecule has 0 aliphatic carbocycles. The number of carbonyl (C=O) groups is 4. The first-order valence-electron chi connectivity index (χ1n) is 7.47. The lowest BCUT2D eigenvalue weighted by Gasteiger charge is -2.16. The molecule has 0 bridgehead atoms. The molecule has 0 spiro atoms. The van der Waals surface area contributed by atoms with Crippen molar-refractivity contribution in [2.24, 2.45) is 0 Å². The van der Waals surface area contributed by atoms with Gasteiger partial charge >= 0.3 is 5.97 Å². The highest BCUT2D eigenvalue weighted by Gasteiger charge is 2.15. The number of esters is 1. The van der Waals surface area contributed by atoms with Crippen LogP contribution in [0.15, 0.2) is 30.3 Å². The van der Waals surface area contributed by atoms with Gasteiger partial charge in [0.15, 0.2) is 13.2 Å². The molecule has 0 heterocycles. The predicted molar refractivity (Wildman–Crippen MR) is 87.6 cm³/mol. The summed E-state index contributed by atoms with van der Waals surface area (Å²) in [5.41, 5.74) is 0. The quantitative estimate of drug-likeness (QED) is 0.548. The second kappa shape index (κ2) is 10.6. The number of hydrogen-bond donors (Lipinski definition) is 2. The van der Waals surface area contributed by atoms with Crippen LogP contribution in [0.2, 0.25) is 0 Å². The zero-order chi connectivity index (χ0) is 18.7. The molecule has 0 saturated carbocycles. The Hall–Kier alpha value is -3.10. The maximum Gasteiger partial charge on any atom is 0.325 e. The van der Waals surface area contributed by atoms with Crippen molar-refractivity contribution in [3.8, 4) is 5.75 Å². The number of carbonyl (C=O) groups excluding carboxylic acids is 4. The van der Waals surface area contributed by atoms with Crippen LogP contribution in [0.4, 0.5) is 0 Å². The monoisotopic (exact) mass is 351 g/mol. The Morgan fingerprint density at radius 2 is 1.72 bits per heavy atom. The number of rotatable bonds is 9. The molecule has 0 atom stereocenters. The Morgan fingerprint density at radius 1 is 1.04 bits per heavy atom. The summed E-state index contributed by atoms with van der Waals surface area (Å²) >= 11 is 0. The Labute approximate surface area is 145 Å². The number of benzene rings is 1. The smallest absolute Gasteiger partial charge is 0.325 e. The number of amides is 3. The van der Waals surface area contributed by atoms with Crippen LogP contribution in [0.5, 0.6) is 5.75 Å². The summed E-state index contributed by atoms with van der Waals surface area (Å²) in [7, 11) is 2.86. The van der Waals surface area contributed by atoms with Crippen molar-refractivity contribution in [1.82, 2.24) is 15.5 Å². The average Bonchev–Trinajstić information content (AvgIpc) is 2.63. The van der Waals surface area contributed by atoms with E-state index in [9.17, 15) is 19.2 Å². The number of likely N-dealkylation sites (N-methyl/N-ethyl adjacent to an activating group) is 2. The number of nitrogens with one attached hydrogen (secondary N) is 2. The lowest BCUT2D eigenvalue weighted by atomic mass is 10.3. The fraction of sp³-hybridized carbons (Fsp3) is 0.375. The largest absolute Gasteiger partial charge is 0.484 e. The van der Waals surface area contributed by atoms with Crippen molar-refractivity contribution in [1.29, 1.82) is 0 Å². The van der Waals surface area contributed by atoms with Crippen molar-refractivity contribution in [3.63, 3.8) is 0 Å². The molecular weight excluding hydrogens is 330 g/mol. The van der Waals surface area contributed by atoms with E-state index in [1.807, 2.05) is 6.07 Å². The van der Waals surface area contributed by atoms with Crippen LogP contribution in [-0.2, 0) is 23.9 Å². The van der Waals surface area contributed by atoms with Crippen molar-refractivity contribution in [3.05, 3.63) is 30.3 Å². The van der Waals surface area contributed by atoms with E-state index in [0.717, 1.165) is 4.90 Å². The third-order valence-electron chi connectivity index (χ3n) is 2.99. The van der Waals surface area contributed by atoms with Crippen LogP contribution in [-0.4, -0.2) is 69.0 Å². The molecular formula is C16H21N3O6. The van der Waals surface area contributed by atoms with Crippen LogP contribution in [0.3, 0.4) is 0 Å². The molecule has 3 amide bonds. The van der Waals surface area contributed by atoms with Gasteiger partial charge in [-0.1, -0.05) is 18.2 Å². The zero-order valence-electron chi connectivity index (χ0n) is 14.1. The number of ether oxygens (including phenoxy) is 2. The first-order valence-corrected chi connectivity index (χ1v) is 7.47. The summed E-state index contributed by atoms with van der Waals surface area (Å²) in [6, 6.07) is 8.74. The van der Waals surface area contributed by atoms with Gasteiger partial charge in [-0.15, -0.1) is 0 Å². The highest BCUT2D eigenvalue weighted by Crippen LogP contribution is 2.07. The van der Waals surface area contributed by atoms with Crippen molar-refractivity contribution >= 4 is 23.7 Å². The third kappa shape index (κ3) is 8.35. The van der Waals surface area contributed by atoms with E-state index in [4.69, 9.17) is 9.47 Å². The summed E-state index contributed by atoms with van der Waals surface area (Å²) in [4.78, 5) is 47.0. The molecule has 0 aliphatic heterocycles. The molecule has 9 heteroatoms. The Balaban J connectivity index is 2.20. The van der Waals surface area contributed by atoms with E-state index in [0.29, 0.717) is 5.75 Å². The highest BCUT2D eigenvalue weighted by molar-refractivity contribution is 5.87. The molecule has 0 aliphatic rings. The van der Waals surface area contributed by atoms with Crippen LogP contribution in [0, 0.1) is 0 Å². The number of nitrogens with zero attached hydrogens (tertiary/aromatic N) is 1. The number of hydrogen-bond acceptors (Lipinski definition) is 6. The minimum atomic E-state index is -0.769. The molecule has 0 radical (unpaired) electrons. The maximum absolute atomic E-state index is 11.7. The van der Waals surface area contributed by atoms with Gasteiger partial charge in [0.1, 0.15) is 12.3 Å². The van der Waals surface area contributed by atoms with Crippen LogP contribution >= 0.6 is 0 Å². The molecule has 1 aromatic rings. The third-order valence-corrected chi connectivity index (χ3v) is 2.99. The molecule has 0 fully saturated rings. The standard InChI is InChI=1S/C16H21N3O6/c1-17-13(20)9-19(2)15(22)11-25-16(23)8-18-14(21)10-24-12-6-4-3-5-7-12/h3-7H,8-11H2,1-2H3,(H,17,20)(H,18,21). The zero-order valence-corrected chi connectivity index (χ0v) is 14.1. The topological polar surface area (TPSA) is 114 Å². The van der Waals surface area contributed by atoms with Gasteiger partial charge in [-0.3, -0.25) is 19.2 Å². The van der Waals surface area contributed by atoms with Crippen LogP contribution in [0.25, 0.3) is 0 Å². The van der Waals surface area contributed by atoms with E-state index in [2.05, 4.69) is 10.6 Å². The normalized spacial score (nSPS) is 9.68. The Morgan fingerprint density at radius 3 is 2.36 bits per heavy atom. The van der Waals surface area contributed by atoms with Crippen molar-refractivity contribution in [2.45, 2.75) is 0 Å². The lowest BCUT2D eigenvalue weighted by molar-refractivity contribution is -0.151. The van der Waals surface area contributed by atoms with Gasteiger partial charge in [-0.05, 0) is 12.1 Å². The minimum Gasteiger partial charge on any atom is -0.484 e. The second-order valence-electron chi connectivity index (χ2n) is 4.96. The predicted octanol–water partition coefficient (Wildman–Crippen LogP) is -1.07. The summed E-state index contributed by atoms with van der Waals surface area (Å²) in [5, 5.41) is 4.69. The fourth-order valence-electron chi connectivity index (χ4n) is 1.57. The van der Waals surface area contributed by atoms with Crippen LogP contribution in [0.1, 0.15) is 0 Å². The highest BCUT2D eigenvalue weighted by atomic mass is 16.5. The first-order chi connectivity index (χ1) is 11.9. The van der Waals surface area contributed by atoms with E-state index < -0.39 is 24.4 Å². The SMILES string of the molecule is CNC(=O)CN(C)C(=O)COC(=O)CNC(=O)COc1ccccc1. The van der Waals surface area contributed by atoms with Crippen molar-refractivity contribution in [2.75, 3.05) is 40.4 Å². The second-order valence-corrected chi connectivity index (χ2v) is 4.96. The van der Waals surface area contributed by atoms with Gasteiger partial charge in [0.25, 0.3) is 11.8 Å². The molecule has 9 nitrogen and oxygen atoms in total. The van der Waals surface area contributed by atoms with Gasteiger partial charge in [-0.2, -0.15) is 0 Å². The van der Waals surface area contributed by atoms with Gasteiger partial charge in [0.2, 0.25) is 5.91 Å². The molecule has 1 aromatic carbocycles. The summed E-state index contributed by atoms with van der Waals surface area (Å²) in [6.45, 7) is -1.28. The Kier molecular flexibility index (Phi) is 8.48. The van der Waals surface area contributed by atoms with E-state index >= 15 is 0 Å². The van der Waals surface area contributed by atoms with Gasteiger partial charge in [-0.25, -0.2) is 0 Å². The Bertz CT molecular complexity index is 605. The van der Waals surface area contributed by atoms with E-state index in [1.54, 1.807) is 24.3 Å². The molecule has 0 aromatic heterocycles. The van der Waals surface area contributed by atoms with Crippen molar-refractivity contribution < 1.29 is 28.7 Å². The minimum absolute atomic E-state index is 0.138. The average molecular weight is 351 g/mol. The van der Waals surface area contributed by atoms with Crippen LogP contribution < -0.4 is 15.4 Å². The lowest BCUT2D eigenvalue weighted by Crippen LogP contribution is -2.40. The fourth-order valence-corrected chi connectivity index (χ4v) is 1.57. The first kappa shape index (κ1) is 19.9. The van der Waals surface area contributed by atoms with E-state index in [-0.39, 0.29) is 25.6 Å². The summed E-state index contributed by atoms with van der Waals surface area (Å²) in [6.07, 6.45) is 0.